The number of amides is 2. The zero-order valence-electron chi connectivity index (χ0n) is 21.1. The highest BCUT2D eigenvalue weighted by Crippen LogP contribution is 2.20. The number of likely N-dealkylation sites (tertiary alicyclic amines) is 2. The van der Waals surface area contributed by atoms with Crippen molar-refractivity contribution in [3.8, 4) is 0 Å². The monoisotopic (exact) mass is 500 g/mol. The summed E-state index contributed by atoms with van der Waals surface area (Å²) in [5.74, 6) is 0. The second-order valence-electron chi connectivity index (χ2n) is 10.6. The van der Waals surface area contributed by atoms with Crippen molar-refractivity contribution in [3.05, 3.63) is 0 Å². The number of halogens is 2. The largest absolute Gasteiger partial charge is 0.444 e. The summed E-state index contributed by atoms with van der Waals surface area (Å²) in [6.07, 6.45) is 3.01. The van der Waals surface area contributed by atoms with E-state index in [-0.39, 0.29) is 61.2 Å². The minimum Gasteiger partial charge on any atom is -0.444 e. The Morgan fingerprint density at radius 1 is 0.719 bits per heavy atom. The number of nitrogens with zero attached hydrogens (tertiary/aromatic N) is 2. The molecule has 8 nitrogen and oxygen atoms in total. The molecular formula is C22H46Cl2N4O4. The molecule has 2 fully saturated rings. The molecule has 0 unspecified atom stereocenters. The summed E-state index contributed by atoms with van der Waals surface area (Å²) in [7, 11) is 0. The van der Waals surface area contributed by atoms with Crippen LogP contribution in [0.4, 0.5) is 9.59 Å². The van der Waals surface area contributed by atoms with E-state index in [1.807, 2.05) is 55.4 Å². The first-order valence-corrected chi connectivity index (χ1v) is 11.1. The molecule has 2 aliphatic heterocycles. The fourth-order valence-electron chi connectivity index (χ4n) is 3.60. The molecule has 192 valence electrons. The first kappa shape index (κ1) is 33.2. The number of hydrogen-bond donors (Lipinski definition) is 2. The van der Waals surface area contributed by atoms with Gasteiger partial charge in [-0.1, -0.05) is 0 Å². The Morgan fingerprint density at radius 3 is 1.22 bits per heavy atom. The van der Waals surface area contributed by atoms with E-state index in [9.17, 15) is 9.59 Å². The average molecular weight is 502 g/mol. The third-order valence-electron chi connectivity index (χ3n) is 5.09. The first-order valence-electron chi connectivity index (χ1n) is 11.1. The molecule has 2 saturated heterocycles. The maximum absolute atomic E-state index is 11.8. The molecule has 2 heterocycles. The predicted molar refractivity (Wildman–Crippen MR) is 134 cm³/mol. The van der Waals surface area contributed by atoms with Crippen LogP contribution in [0, 0.1) is 0 Å². The molecule has 0 bridgehead atoms. The number of hydrogen-bond acceptors (Lipinski definition) is 6. The zero-order chi connectivity index (χ0) is 23.3. The SMILES string of the molecule is C[C@@H]1C[C@H](N)CCN1C(=O)OC(C)(C)C.C[C@H]1C[C@@H](N)CCN1C(=O)OC(C)(C)C.Cl.Cl. The standard InChI is InChI=1S/2C11H22N2O2.2ClH/c2*1-8-7-9(12)5-6-13(8)10(14)15-11(2,3)4;;/h2*8-9H,5-7,12H2,1-4H3;2*1H/t2*8-,9-;;/m10../s1. The molecule has 0 aromatic heterocycles. The summed E-state index contributed by atoms with van der Waals surface area (Å²) in [6.45, 7) is 16.7. The highest BCUT2D eigenvalue weighted by Gasteiger charge is 2.31. The van der Waals surface area contributed by atoms with Gasteiger partial charge in [-0.2, -0.15) is 0 Å². The van der Waals surface area contributed by atoms with Gasteiger partial charge >= 0.3 is 12.2 Å². The van der Waals surface area contributed by atoms with Crippen molar-refractivity contribution < 1.29 is 19.1 Å². The normalized spacial score (nSPS) is 25.9. The van der Waals surface area contributed by atoms with Gasteiger partial charge in [0.2, 0.25) is 0 Å². The molecule has 4 atom stereocenters. The second-order valence-corrected chi connectivity index (χ2v) is 10.6. The van der Waals surface area contributed by atoms with E-state index in [2.05, 4.69) is 0 Å². The van der Waals surface area contributed by atoms with E-state index in [4.69, 9.17) is 20.9 Å². The minimum atomic E-state index is -0.420. The molecule has 0 aliphatic carbocycles. The van der Waals surface area contributed by atoms with Crippen LogP contribution in [0.1, 0.15) is 81.1 Å². The van der Waals surface area contributed by atoms with E-state index in [1.54, 1.807) is 9.80 Å². The maximum atomic E-state index is 11.8. The smallest absolute Gasteiger partial charge is 0.410 e. The Hall–Kier alpha value is -0.960. The first-order chi connectivity index (χ1) is 13.6. The third-order valence-corrected chi connectivity index (χ3v) is 5.09. The van der Waals surface area contributed by atoms with E-state index in [0.717, 1.165) is 25.7 Å². The maximum Gasteiger partial charge on any atom is 0.410 e. The van der Waals surface area contributed by atoms with Crippen LogP contribution in [0.3, 0.4) is 0 Å². The molecule has 10 heteroatoms. The van der Waals surface area contributed by atoms with Crippen molar-refractivity contribution in [2.24, 2.45) is 11.5 Å². The van der Waals surface area contributed by atoms with E-state index in [0.29, 0.717) is 13.1 Å². The van der Waals surface area contributed by atoms with Crippen molar-refractivity contribution in [1.29, 1.82) is 0 Å². The summed E-state index contributed by atoms with van der Waals surface area (Å²) >= 11 is 0. The molecule has 32 heavy (non-hydrogen) atoms. The summed E-state index contributed by atoms with van der Waals surface area (Å²) in [4.78, 5) is 27.1. The van der Waals surface area contributed by atoms with Gasteiger partial charge in [0, 0.05) is 37.3 Å². The molecular weight excluding hydrogens is 455 g/mol. The molecule has 0 radical (unpaired) electrons. The highest BCUT2D eigenvalue weighted by molar-refractivity contribution is 5.85. The van der Waals surface area contributed by atoms with Gasteiger partial charge in [-0.05, 0) is 81.1 Å². The van der Waals surface area contributed by atoms with Crippen LogP contribution < -0.4 is 11.5 Å². The van der Waals surface area contributed by atoms with E-state index < -0.39 is 11.2 Å². The highest BCUT2D eigenvalue weighted by atomic mass is 35.5. The Morgan fingerprint density at radius 2 is 1.00 bits per heavy atom. The van der Waals surface area contributed by atoms with Crippen molar-refractivity contribution >= 4 is 37.0 Å². The van der Waals surface area contributed by atoms with Crippen molar-refractivity contribution in [1.82, 2.24) is 9.80 Å². The second kappa shape index (κ2) is 13.7. The van der Waals surface area contributed by atoms with Crippen molar-refractivity contribution in [3.63, 3.8) is 0 Å². The topological polar surface area (TPSA) is 111 Å². The van der Waals surface area contributed by atoms with E-state index in [1.165, 1.54) is 0 Å². The van der Waals surface area contributed by atoms with Gasteiger partial charge in [-0.25, -0.2) is 9.59 Å². The molecule has 2 amide bonds. The van der Waals surface area contributed by atoms with Crippen molar-refractivity contribution in [2.45, 2.75) is 116 Å². The molecule has 0 aromatic carbocycles. The average Bonchev–Trinajstić information content (AvgIpc) is 2.51. The molecule has 4 N–H and O–H groups in total. The number of rotatable bonds is 0. The zero-order valence-corrected chi connectivity index (χ0v) is 22.7. The number of carbonyl (C=O) groups is 2. The fourth-order valence-corrected chi connectivity index (χ4v) is 3.60. The minimum absolute atomic E-state index is 0. The Labute approximate surface area is 206 Å². The fraction of sp³-hybridized carbons (Fsp3) is 0.909. The van der Waals surface area contributed by atoms with Crippen LogP contribution in [0.2, 0.25) is 0 Å². The van der Waals surface area contributed by atoms with Crippen LogP contribution in [0.15, 0.2) is 0 Å². The lowest BCUT2D eigenvalue weighted by Crippen LogP contribution is -2.49. The third kappa shape index (κ3) is 12.3. The van der Waals surface area contributed by atoms with Gasteiger partial charge in [-0.3, -0.25) is 0 Å². The Balaban J connectivity index is 0. The summed E-state index contributed by atoms with van der Waals surface area (Å²) < 4.78 is 10.7. The molecule has 0 spiro atoms. The van der Waals surface area contributed by atoms with Crippen LogP contribution in [0.5, 0.6) is 0 Å². The van der Waals surface area contributed by atoms with Crippen molar-refractivity contribution in [2.75, 3.05) is 13.1 Å². The summed E-state index contributed by atoms with van der Waals surface area (Å²) in [5, 5.41) is 0. The number of ether oxygens (including phenoxy) is 2. The lowest BCUT2D eigenvalue weighted by Gasteiger charge is -2.37. The number of carbonyl (C=O) groups excluding carboxylic acids is 2. The van der Waals surface area contributed by atoms with Gasteiger partial charge in [0.15, 0.2) is 0 Å². The summed E-state index contributed by atoms with van der Waals surface area (Å²) in [6, 6.07) is 0.810. The van der Waals surface area contributed by atoms with Crippen LogP contribution >= 0.6 is 24.8 Å². The van der Waals surface area contributed by atoms with Gasteiger partial charge in [0.05, 0.1) is 0 Å². The Kier molecular flexibility index (Phi) is 14.2. The van der Waals surface area contributed by atoms with Gasteiger partial charge in [-0.15, -0.1) is 24.8 Å². The van der Waals surface area contributed by atoms with Crippen LogP contribution in [-0.2, 0) is 9.47 Å². The quantitative estimate of drug-likeness (QED) is 0.512. The van der Waals surface area contributed by atoms with Gasteiger partial charge in [0.25, 0.3) is 0 Å². The molecule has 0 saturated carbocycles. The number of piperidine rings is 2. The van der Waals surface area contributed by atoms with E-state index >= 15 is 0 Å². The van der Waals surface area contributed by atoms with Gasteiger partial charge < -0.3 is 30.7 Å². The van der Waals surface area contributed by atoms with Crippen LogP contribution in [0.25, 0.3) is 0 Å². The van der Waals surface area contributed by atoms with Gasteiger partial charge in [0.1, 0.15) is 11.2 Å². The predicted octanol–water partition coefficient (Wildman–Crippen LogP) is 4.31. The molecule has 2 aliphatic rings. The molecule has 0 aromatic rings. The Bertz CT molecular complexity index is 531. The molecule has 2 rings (SSSR count). The summed E-state index contributed by atoms with van der Waals surface area (Å²) in [5.41, 5.74) is 10.8. The lowest BCUT2D eigenvalue weighted by molar-refractivity contribution is 0.00950. The van der Waals surface area contributed by atoms with Crippen LogP contribution in [-0.4, -0.2) is 70.4 Å². The lowest BCUT2D eigenvalue weighted by atomic mass is 10.00. The number of nitrogens with two attached hydrogens (primary N) is 2.